The van der Waals surface area contributed by atoms with E-state index in [2.05, 4.69) is 25.4 Å². The summed E-state index contributed by atoms with van der Waals surface area (Å²) in [4.78, 5) is 16.9. The molecule has 0 saturated carbocycles. The Morgan fingerprint density at radius 3 is 3.08 bits per heavy atom. The lowest BCUT2D eigenvalue weighted by Gasteiger charge is -1.97. The topological polar surface area (TPSA) is 84.4 Å². The molecule has 0 atom stereocenters. The van der Waals surface area contributed by atoms with Gasteiger partial charge in [0.2, 0.25) is 0 Å². The Balaban J connectivity index is 2.85. The van der Waals surface area contributed by atoms with Crippen molar-refractivity contribution in [3.8, 4) is 0 Å². The van der Waals surface area contributed by atoms with Crippen LogP contribution in [0.3, 0.4) is 0 Å². The molecule has 2 aromatic heterocycles. The third-order valence-corrected chi connectivity index (χ3v) is 1.75. The van der Waals surface area contributed by atoms with E-state index in [0.717, 1.165) is 17.5 Å². The fraction of sp³-hybridized carbons (Fsp3) is 0.286. The number of hydrogen-bond donors (Lipinski definition) is 1. The molecule has 2 rings (SSSR count). The standard InChI is InChI=1S/C7H7N5O/c1-2-5-4-3-8-7(13)9-6(4)11-12-10-5/h3H,2H2,1H3,(H,8,9,10,11,13). The van der Waals surface area contributed by atoms with Crippen molar-refractivity contribution >= 4 is 11.0 Å². The van der Waals surface area contributed by atoms with Gasteiger partial charge in [-0.25, -0.2) is 9.78 Å². The molecule has 0 aliphatic rings. The molecule has 0 aromatic carbocycles. The van der Waals surface area contributed by atoms with Crippen LogP contribution >= 0.6 is 0 Å². The van der Waals surface area contributed by atoms with Gasteiger partial charge >= 0.3 is 5.69 Å². The molecule has 2 aromatic rings. The molecule has 66 valence electrons. The van der Waals surface area contributed by atoms with Crippen LogP contribution in [0.15, 0.2) is 11.0 Å². The van der Waals surface area contributed by atoms with Crippen LogP contribution in [-0.2, 0) is 6.42 Å². The lowest BCUT2D eigenvalue weighted by atomic mass is 10.2. The average Bonchev–Trinajstić information content (AvgIpc) is 2.16. The second-order valence-corrected chi connectivity index (χ2v) is 2.54. The summed E-state index contributed by atoms with van der Waals surface area (Å²) in [7, 11) is 0. The number of aryl methyl sites for hydroxylation is 1. The highest BCUT2D eigenvalue weighted by Gasteiger charge is 2.03. The maximum Gasteiger partial charge on any atom is 0.346 e. The van der Waals surface area contributed by atoms with E-state index in [0.29, 0.717) is 5.65 Å². The number of aromatic amines is 1. The van der Waals surface area contributed by atoms with Crippen molar-refractivity contribution < 1.29 is 0 Å². The third kappa shape index (κ3) is 1.26. The van der Waals surface area contributed by atoms with Gasteiger partial charge in [-0.2, -0.15) is 0 Å². The van der Waals surface area contributed by atoms with Crippen LogP contribution in [0.1, 0.15) is 12.6 Å². The van der Waals surface area contributed by atoms with Crippen LogP contribution < -0.4 is 5.69 Å². The van der Waals surface area contributed by atoms with Crippen molar-refractivity contribution in [1.29, 1.82) is 0 Å². The molecule has 6 heteroatoms. The first-order valence-electron chi connectivity index (χ1n) is 3.88. The number of rotatable bonds is 1. The summed E-state index contributed by atoms with van der Waals surface area (Å²) < 4.78 is 0. The van der Waals surface area contributed by atoms with Crippen molar-refractivity contribution in [2.24, 2.45) is 0 Å². The normalized spacial score (nSPS) is 10.5. The molecule has 0 bridgehead atoms. The molecule has 0 radical (unpaired) electrons. The van der Waals surface area contributed by atoms with Gasteiger partial charge in [-0.1, -0.05) is 6.92 Å². The third-order valence-electron chi connectivity index (χ3n) is 1.75. The Morgan fingerprint density at radius 1 is 1.46 bits per heavy atom. The Bertz CT molecular complexity index is 491. The number of hydrogen-bond acceptors (Lipinski definition) is 5. The minimum Gasteiger partial charge on any atom is -0.288 e. The first-order valence-corrected chi connectivity index (χ1v) is 3.88. The molecule has 0 fully saturated rings. The SMILES string of the molecule is CCc1nnnc2[nH]c(=O)ncc12. The average molecular weight is 177 g/mol. The van der Waals surface area contributed by atoms with Gasteiger partial charge in [0.1, 0.15) is 0 Å². The van der Waals surface area contributed by atoms with Gasteiger partial charge in [0.15, 0.2) is 5.65 Å². The second-order valence-electron chi connectivity index (χ2n) is 2.54. The number of aromatic nitrogens is 5. The van der Waals surface area contributed by atoms with Gasteiger partial charge in [-0.05, 0) is 11.6 Å². The van der Waals surface area contributed by atoms with Gasteiger partial charge in [0.05, 0.1) is 11.1 Å². The van der Waals surface area contributed by atoms with E-state index in [-0.39, 0.29) is 0 Å². The summed E-state index contributed by atoms with van der Waals surface area (Å²) >= 11 is 0. The minimum absolute atomic E-state index is 0.421. The first-order chi connectivity index (χ1) is 6.31. The molecule has 0 aliphatic carbocycles. The molecule has 6 nitrogen and oxygen atoms in total. The molecule has 0 aliphatic heterocycles. The quantitative estimate of drug-likeness (QED) is 0.644. The molecule has 1 N–H and O–H groups in total. The van der Waals surface area contributed by atoms with Gasteiger partial charge in [0, 0.05) is 6.20 Å². The van der Waals surface area contributed by atoms with Gasteiger partial charge in [0.25, 0.3) is 0 Å². The summed E-state index contributed by atoms with van der Waals surface area (Å²) in [5.74, 6) is 0. The number of H-pyrrole nitrogens is 1. The fourth-order valence-electron chi connectivity index (χ4n) is 1.11. The smallest absolute Gasteiger partial charge is 0.288 e. The van der Waals surface area contributed by atoms with E-state index < -0.39 is 5.69 Å². The number of fused-ring (bicyclic) bond motifs is 1. The lowest BCUT2D eigenvalue weighted by Crippen LogP contribution is -2.11. The van der Waals surface area contributed by atoms with Crippen molar-refractivity contribution in [3.63, 3.8) is 0 Å². The molecule has 13 heavy (non-hydrogen) atoms. The van der Waals surface area contributed by atoms with Crippen LogP contribution in [0.5, 0.6) is 0 Å². The van der Waals surface area contributed by atoms with Crippen molar-refractivity contribution in [1.82, 2.24) is 25.4 Å². The van der Waals surface area contributed by atoms with Crippen LogP contribution in [0.2, 0.25) is 0 Å². The van der Waals surface area contributed by atoms with Crippen molar-refractivity contribution in [2.75, 3.05) is 0 Å². The van der Waals surface area contributed by atoms with Gasteiger partial charge in [-0.3, -0.25) is 4.98 Å². The van der Waals surface area contributed by atoms with E-state index in [9.17, 15) is 4.79 Å². The van der Waals surface area contributed by atoms with E-state index in [1.54, 1.807) is 0 Å². The Morgan fingerprint density at radius 2 is 2.31 bits per heavy atom. The van der Waals surface area contributed by atoms with E-state index in [1.165, 1.54) is 6.20 Å². The summed E-state index contributed by atoms with van der Waals surface area (Å²) in [5, 5.41) is 11.8. The Hall–Kier alpha value is -1.85. The molecule has 0 unspecified atom stereocenters. The highest BCUT2D eigenvalue weighted by molar-refractivity contribution is 5.74. The highest BCUT2D eigenvalue weighted by atomic mass is 16.1. The molecular weight excluding hydrogens is 170 g/mol. The lowest BCUT2D eigenvalue weighted by molar-refractivity contribution is 0.829. The van der Waals surface area contributed by atoms with Crippen LogP contribution in [0.25, 0.3) is 11.0 Å². The van der Waals surface area contributed by atoms with Crippen LogP contribution in [-0.4, -0.2) is 25.4 Å². The van der Waals surface area contributed by atoms with Gasteiger partial charge < -0.3 is 0 Å². The predicted molar refractivity (Wildman–Crippen MR) is 45.1 cm³/mol. The van der Waals surface area contributed by atoms with Gasteiger partial charge in [-0.15, -0.1) is 10.2 Å². The van der Waals surface area contributed by atoms with Crippen molar-refractivity contribution in [3.05, 3.63) is 22.4 Å². The fourth-order valence-corrected chi connectivity index (χ4v) is 1.11. The summed E-state index contributed by atoms with van der Waals surface area (Å²) in [5.41, 5.74) is 0.802. The first kappa shape index (κ1) is 7.78. The van der Waals surface area contributed by atoms with Crippen LogP contribution in [0.4, 0.5) is 0 Å². The molecule has 0 saturated heterocycles. The molecule has 0 spiro atoms. The van der Waals surface area contributed by atoms with Crippen molar-refractivity contribution in [2.45, 2.75) is 13.3 Å². The summed E-state index contributed by atoms with van der Waals surface area (Å²) in [6, 6.07) is 0. The zero-order valence-corrected chi connectivity index (χ0v) is 6.98. The van der Waals surface area contributed by atoms with E-state index >= 15 is 0 Å². The molecular formula is C7H7N5O. The minimum atomic E-state index is -0.421. The monoisotopic (exact) mass is 177 g/mol. The largest absolute Gasteiger partial charge is 0.346 e. The summed E-state index contributed by atoms with van der Waals surface area (Å²) in [6.07, 6.45) is 2.20. The molecule has 2 heterocycles. The predicted octanol–water partition coefficient (Wildman–Crippen LogP) is -0.330. The van der Waals surface area contributed by atoms with E-state index in [1.807, 2.05) is 6.92 Å². The Kier molecular flexibility index (Phi) is 1.73. The van der Waals surface area contributed by atoms with E-state index in [4.69, 9.17) is 0 Å². The maximum absolute atomic E-state index is 10.8. The zero-order chi connectivity index (χ0) is 9.26. The second kappa shape index (κ2) is 2.89. The highest BCUT2D eigenvalue weighted by Crippen LogP contribution is 2.07. The Labute approximate surface area is 73.0 Å². The maximum atomic E-state index is 10.8. The molecule has 0 amide bonds. The number of nitrogens with zero attached hydrogens (tertiary/aromatic N) is 4. The van der Waals surface area contributed by atoms with Crippen LogP contribution in [0, 0.1) is 0 Å². The zero-order valence-electron chi connectivity index (χ0n) is 6.98. The summed E-state index contributed by atoms with van der Waals surface area (Å²) in [6.45, 7) is 1.95. The number of nitrogens with one attached hydrogen (secondary N) is 1.